The zero-order chi connectivity index (χ0) is 16.9. The first-order valence-corrected chi connectivity index (χ1v) is 9.95. The normalized spacial score (nSPS) is 26.0. The van der Waals surface area contributed by atoms with Crippen molar-refractivity contribution in [2.45, 2.75) is 49.7 Å². The predicted octanol–water partition coefficient (Wildman–Crippen LogP) is 1.84. The summed E-state index contributed by atoms with van der Waals surface area (Å²) in [5, 5.41) is 34.9. The number of aliphatic hydroxyl groups is 1. The topological polar surface area (TPSA) is 84.3 Å². The van der Waals surface area contributed by atoms with E-state index in [-0.39, 0.29) is 16.9 Å². The van der Waals surface area contributed by atoms with Crippen LogP contribution in [0.1, 0.15) is 33.1 Å². The van der Waals surface area contributed by atoms with E-state index in [9.17, 15) is 10.3 Å². The van der Waals surface area contributed by atoms with E-state index in [4.69, 9.17) is 0 Å². The first-order chi connectivity index (χ1) is 10.9. The van der Waals surface area contributed by atoms with E-state index in [0.717, 1.165) is 34.5 Å². The molecule has 1 aliphatic rings. The molecule has 1 fully saturated rings. The number of rotatable bonds is 9. The van der Waals surface area contributed by atoms with Crippen molar-refractivity contribution in [2.24, 2.45) is 0 Å². The summed E-state index contributed by atoms with van der Waals surface area (Å²) in [6.45, 7) is 5.48. The largest absolute Gasteiger partial charge is 0.632 e. The van der Waals surface area contributed by atoms with Crippen LogP contribution in [0.4, 0.5) is 5.13 Å². The smallest absolute Gasteiger partial charge is 0.214 e. The lowest BCUT2D eigenvalue weighted by Crippen LogP contribution is -2.46. The van der Waals surface area contributed by atoms with Crippen molar-refractivity contribution in [3.8, 4) is 0 Å². The fraction of sp³-hybridized carbons (Fsp3) is 0.857. The van der Waals surface area contributed by atoms with Crippen LogP contribution in [0.3, 0.4) is 0 Å². The number of likely N-dealkylation sites (N-methyl/N-ethyl adjacent to an activating group) is 1. The zero-order valence-corrected chi connectivity index (χ0v) is 15.7. The summed E-state index contributed by atoms with van der Waals surface area (Å²) in [7, 11) is 1.67. The average Bonchev–Trinajstić information content (AvgIpc) is 3.07. The lowest BCUT2D eigenvalue weighted by Gasteiger charge is -2.32. The summed E-state index contributed by atoms with van der Waals surface area (Å²) in [5.41, 5.74) is 0. The van der Waals surface area contributed by atoms with Gasteiger partial charge in [-0.25, -0.2) is 0 Å². The minimum Gasteiger partial charge on any atom is -0.632 e. The SMILES string of the molecule is CCCCC(O)CNC1C[N+](C)([O-])CN1c1nnc(SCC)s1. The van der Waals surface area contributed by atoms with Crippen molar-refractivity contribution in [1.82, 2.24) is 15.5 Å². The van der Waals surface area contributed by atoms with E-state index in [2.05, 4.69) is 29.4 Å². The van der Waals surface area contributed by atoms with E-state index in [1.165, 1.54) is 11.3 Å². The molecule has 1 aliphatic heterocycles. The van der Waals surface area contributed by atoms with E-state index < -0.39 is 0 Å². The van der Waals surface area contributed by atoms with Crippen molar-refractivity contribution in [2.75, 3.05) is 37.5 Å². The highest BCUT2D eigenvalue weighted by Crippen LogP contribution is 2.31. The lowest BCUT2D eigenvalue weighted by molar-refractivity contribution is -0.847. The molecule has 1 saturated heterocycles. The number of hydrogen-bond donors (Lipinski definition) is 2. The number of nitrogens with one attached hydrogen (secondary N) is 1. The van der Waals surface area contributed by atoms with E-state index >= 15 is 0 Å². The van der Waals surface area contributed by atoms with Gasteiger partial charge in [0.1, 0.15) is 12.7 Å². The third-order valence-electron chi connectivity index (χ3n) is 3.78. The summed E-state index contributed by atoms with van der Waals surface area (Å²) in [6, 6.07) is 0. The lowest BCUT2D eigenvalue weighted by atomic mass is 10.1. The summed E-state index contributed by atoms with van der Waals surface area (Å²) in [5.74, 6) is 0.954. The third kappa shape index (κ3) is 5.54. The van der Waals surface area contributed by atoms with E-state index in [0.29, 0.717) is 19.8 Å². The molecular weight excluding hydrogens is 334 g/mol. The molecule has 0 amide bonds. The van der Waals surface area contributed by atoms with E-state index in [1.807, 2.05) is 4.90 Å². The fourth-order valence-electron chi connectivity index (χ4n) is 2.63. The van der Waals surface area contributed by atoms with Crippen LogP contribution in [0.5, 0.6) is 0 Å². The quantitative estimate of drug-likeness (QED) is 0.394. The molecule has 0 aliphatic carbocycles. The molecule has 1 aromatic rings. The molecule has 2 N–H and O–H groups in total. The highest BCUT2D eigenvalue weighted by atomic mass is 32.2. The Morgan fingerprint density at radius 1 is 1.52 bits per heavy atom. The van der Waals surface area contributed by atoms with Crippen LogP contribution in [0.25, 0.3) is 0 Å². The van der Waals surface area contributed by atoms with Crippen molar-refractivity contribution < 1.29 is 9.75 Å². The van der Waals surface area contributed by atoms with Crippen LogP contribution in [0.2, 0.25) is 0 Å². The first-order valence-electron chi connectivity index (χ1n) is 8.15. The molecule has 23 heavy (non-hydrogen) atoms. The van der Waals surface area contributed by atoms with Crippen LogP contribution in [0, 0.1) is 5.21 Å². The molecular formula is C14H27N5O2S2. The molecule has 7 nitrogen and oxygen atoms in total. The van der Waals surface area contributed by atoms with Gasteiger partial charge in [0.25, 0.3) is 0 Å². The van der Waals surface area contributed by atoms with Gasteiger partial charge in [-0.2, -0.15) is 0 Å². The highest BCUT2D eigenvalue weighted by molar-refractivity contribution is 8.01. The number of hydrogen-bond acceptors (Lipinski definition) is 8. The van der Waals surface area contributed by atoms with Gasteiger partial charge in [0, 0.05) is 6.54 Å². The molecule has 0 bridgehead atoms. The minimum absolute atomic E-state index is 0.110. The van der Waals surface area contributed by atoms with Gasteiger partial charge >= 0.3 is 0 Å². The number of anilines is 1. The zero-order valence-electron chi connectivity index (χ0n) is 14.1. The van der Waals surface area contributed by atoms with Gasteiger partial charge in [0.15, 0.2) is 11.0 Å². The molecule has 132 valence electrons. The molecule has 3 atom stereocenters. The molecule has 9 heteroatoms. The van der Waals surface area contributed by atoms with Crippen molar-refractivity contribution in [1.29, 1.82) is 0 Å². The Bertz CT molecular complexity index is 485. The monoisotopic (exact) mass is 361 g/mol. The number of unbranched alkanes of at least 4 members (excludes halogenated alkanes) is 1. The molecule has 1 aromatic heterocycles. The van der Waals surface area contributed by atoms with Crippen molar-refractivity contribution in [3.63, 3.8) is 0 Å². The van der Waals surface area contributed by atoms with Gasteiger partial charge < -0.3 is 15.0 Å². The van der Waals surface area contributed by atoms with Crippen LogP contribution in [-0.2, 0) is 0 Å². The van der Waals surface area contributed by atoms with Crippen LogP contribution in [0.15, 0.2) is 4.34 Å². The maximum absolute atomic E-state index is 12.4. The minimum atomic E-state index is -0.372. The van der Waals surface area contributed by atoms with Gasteiger partial charge in [0.05, 0.1) is 13.2 Å². The Kier molecular flexibility index (Phi) is 7.05. The Morgan fingerprint density at radius 3 is 3.00 bits per heavy atom. The maximum Gasteiger partial charge on any atom is 0.214 e. The summed E-state index contributed by atoms with van der Waals surface area (Å²) < 4.78 is 0.592. The number of thioether (sulfide) groups is 1. The second-order valence-electron chi connectivity index (χ2n) is 6.09. The number of aromatic nitrogens is 2. The van der Waals surface area contributed by atoms with Crippen molar-refractivity contribution in [3.05, 3.63) is 5.21 Å². The Hall–Kier alpha value is -0.450. The average molecular weight is 362 g/mol. The third-order valence-corrected chi connectivity index (χ3v) is 5.75. The van der Waals surface area contributed by atoms with Crippen molar-refractivity contribution >= 4 is 28.2 Å². The molecule has 2 rings (SSSR count). The molecule has 2 heterocycles. The maximum atomic E-state index is 12.4. The Balaban J connectivity index is 1.97. The van der Waals surface area contributed by atoms with Gasteiger partial charge in [-0.05, 0) is 12.2 Å². The number of aliphatic hydroxyl groups excluding tert-OH is 1. The molecule has 0 radical (unpaired) electrons. The second kappa shape index (κ2) is 8.59. The molecule has 0 aromatic carbocycles. The summed E-state index contributed by atoms with van der Waals surface area (Å²) in [6.07, 6.45) is 2.39. The van der Waals surface area contributed by atoms with Crippen LogP contribution in [-0.4, -0.2) is 64.8 Å². The standard InChI is InChI=1S/C14H27N5O2S2/c1-4-6-7-11(20)8-15-12-9-19(3,21)10-18(12)13-16-17-14(23-13)22-5-2/h11-12,15,20H,4-10H2,1-3H3. The van der Waals surface area contributed by atoms with Crippen LogP contribution < -0.4 is 10.2 Å². The van der Waals surface area contributed by atoms with Gasteiger partial charge in [-0.1, -0.05) is 49.8 Å². The summed E-state index contributed by atoms with van der Waals surface area (Å²) in [4.78, 5) is 1.98. The number of quaternary nitrogens is 1. The van der Waals surface area contributed by atoms with Gasteiger partial charge in [0.2, 0.25) is 5.13 Å². The number of hydroxylamine groups is 3. The Labute approximate surface area is 146 Å². The predicted molar refractivity (Wildman–Crippen MR) is 95.4 cm³/mol. The first kappa shape index (κ1) is 18.9. The molecule has 3 unspecified atom stereocenters. The van der Waals surface area contributed by atoms with Gasteiger partial charge in [-0.15, -0.1) is 10.2 Å². The second-order valence-corrected chi connectivity index (χ2v) is 8.56. The van der Waals surface area contributed by atoms with Crippen LogP contribution >= 0.6 is 23.1 Å². The Morgan fingerprint density at radius 2 is 2.30 bits per heavy atom. The fourth-order valence-corrected chi connectivity index (χ4v) is 4.41. The highest BCUT2D eigenvalue weighted by Gasteiger charge is 2.37. The number of nitrogens with zero attached hydrogens (tertiary/aromatic N) is 4. The van der Waals surface area contributed by atoms with E-state index in [1.54, 1.807) is 18.8 Å². The summed E-state index contributed by atoms with van der Waals surface area (Å²) >= 11 is 3.18. The molecule has 0 saturated carbocycles. The molecule has 0 spiro atoms. The van der Waals surface area contributed by atoms with Gasteiger partial charge in [-0.3, -0.25) is 10.2 Å².